The van der Waals surface area contributed by atoms with Crippen molar-refractivity contribution in [1.82, 2.24) is 4.98 Å². The van der Waals surface area contributed by atoms with Crippen LogP contribution in [0.1, 0.15) is 25.0 Å². The molecule has 1 saturated heterocycles. The molecule has 2 heterocycles. The van der Waals surface area contributed by atoms with E-state index in [1.807, 2.05) is 13.0 Å². The molecule has 0 aliphatic carbocycles. The Labute approximate surface area is 204 Å². The molecule has 1 atom stereocenters. The van der Waals surface area contributed by atoms with Crippen molar-refractivity contribution in [3.05, 3.63) is 54.0 Å². The molecule has 10 heteroatoms. The number of benzene rings is 2. The van der Waals surface area contributed by atoms with E-state index in [1.165, 1.54) is 42.7 Å². The lowest BCUT2D eigenvalue weighted by Gasteiger charge is -2.20. The third-order valence-electron chi connectivity index (χ3n) is 5.54. The number of nitrogens with one attached hydrogen (secondary N) is 2. The van der Waals surface area contributed by atoms with Crippen molar-refractivity contribution in [1.29, 1.82) is 0 Å². The van der Waals surface area contributed by atoms with Crippen molar-refractivity contribution in [2.45, 2.75) is 31.1 Å². The maximum Gasteiger partial charge on any atom is 0.226 e. The standard InChI is InChI=1S/C24H26FN3O4S2/c1-15-23(33-24(26-15)27-22(29)13-16-9-11-32-12-10-16)17-3-8-20(31-2)21(14-17)34(30)28-19-6-4-18(25)5-7-19/h3-8,14,16,28H,9-13H2,1-2H3,(H,26,27,29). The maximum absolute atomic E-state index is 13.2. The van der Waals surface area contributed by atoms with Gasteiger partial charge in [-0.3, -0.25) is 4.79 Å². The van der Waals surface area contributed by atoms with E-state index >= 15 is 0 Å². The van der Waals surface area contributed by atoms with E-state index in [-0.39, 0.29) is 11.7 Å². The van der Waals surface area contributed by atoms with Crippen molar-refractivity contribution >= 4 is 39.0 Å². The summed E-state index contributed by atoms with van der Waals surface area (Å²) >= 11 is 1.37. The summed E-state index contributed by atoms with van der Waals surface area (Å²) in [7, 11) is -0.132. The third-order valence-corrected chi connectivity index (χ3v) is 7.80. The first-order valence-corrected chi connectivity index (χ1v) is 12.9. The van der Waals surface area contributed by atoms with E-state index in [0.29, 0.717) is 47.0 Å². The quantitative estimate of drug-likeness (QED) is 0.443. The van der Waals surface area contributed by atoms with Gasteiger partial charge < -0.3 is 19.5 Å². The number of carbonyl (C=O) groups excluding carboxylic acids is 1. The monoisotopic (exact) mass is 503 g/mol. The fourth-order valence-corrected chi connectivity index (χ4v) is 5.75. The number of hydrogen-bond donors (Lipinski definition) is 2. The fourth-order valence-electron chi connectivity index (χ4n) is 3.74. The van der Waals surface area contributed by atoms with Crippen LogP contribution in [0.4, 0.5) is 15.2 Å². The van der Waals surface area contributed by atoms with Gasteiger partial charge >= 0.3 is 0 Å². The second kappa shape index (κ2) is 11.1. The van der Waals surface area contributed by atoms with Gasteiger partial charge in [0.05, 0.1) is 17.7 Å². The highest BCUT2D eigenvalue weighted by Crippen LogP contribution is 2.36. The molecule has 2 N–H and O–H groups in total. The van der Waals surface area contributed by atoms with E-state index in [1.54, 1.807) is 12.1 Å². The van der Waals surface area contributed by atoms with Gasteiger partial charge in [0.1, 0.15) is 16.5 Å². The number of carbonyl (C=O) groups is 1. The summed E-state index contributed by atoms with van der Waals surface area (Å²) in [6.07, 6.45) is 2.25. The van der Waals surface area contributed by atoms with Crippen molar-refractivity contribution in [3.63, 3.8) is 0 Å². The summed E-state index contributed by atoms with van der Waals surface area (Å²) < 4.78 is 39.8. The van der Waals surface area contributed by atoms with Crippen LogP contribution in [0.5, 0.6) is 5.75 Å². The summed E-state index contributed by atoms with van der Waals surface area (Å²) in [6, 6.07) is 11.0. The van der Waals surface area contributed by atoms with Gasteiger partial charge in [0.2, 0.25) is 5.91 Å². The molecule has 180 valence electrons. The molecule has 3 aromatic rings. The molecule has 34 heavy (non-hydrogen) atoms. The zero-order valence-electron chi connectivity index (χ0n) is 18.9. The van der Waals surface area contributed by atoms with Gasteiger partial charge in [-0.15, -0.1) is 0 Å². The van der Waals surface area contributed by atoms with E-state index in [2.05, 4.69) is 15.0 Å². The molecule has 1 amide bonds. The lowest BCUT2D eigenvalue weighted by molar-refractivity contribution is -0.117. The zero-order valence-corrected chi connectivity index (χ0v) is 20.6. The molecule has 0 bridgehead atoms. The average Bonchev–Trinajstić information content (AvgIpc) is 3.20. The van der Waals surface area contributed by atoms with E-state index < -0.39 is 11.0 Å². The van der Waals surface area contributed by atoms with Gasteiger partial charge in [0, 0.05) is 25.3 Å². The van der Waals surface area contributed by atoms with Crippen LogP contribution >= 0.6 is 11.3 Å². The highest BCUT2D eigenvalue weighted by Gasteiger charge is 2.20. The minimum Gasteiger partial charge on any atom is -0.495 e. The second-order valence-electron chi connectivity index (χ2n) is 7.98. The normalized spacial score (nSPS) is 15.0. The van der Waals surface area contributed by atoms with Crippen molar-refractivity contribution in [2.75, 3.05) is 30.4 Å². The van der Waals surface area contributed by atoms with Gasteiger partial charge in [-0.2, -0.15) is 0 Å². The maximum atomic E-state index is 13.2. The van der Waals surface area contributed by atoms with E-state index in [9.17, 15) is 13.4 Å². The molecule has 1 aromatic heterocycles. The van der Waals surface area contributed by atoms with Crippen LogP contribution in [0.3, 0.4) is 0 Å². The Morgan fingerprint density at radius 2 is 1.97 bits per heavy atom. The Morgan fingerprint density at radius 3 is 2.68 bits per heavy atom. The summed E-state index contributed by atoms with van der Waals surface area (Å²) in [6.45, 7) is 3.28. The topological polar surface area (TPSA) is 89.6 Å². The Bertz CT molecular complexity index is 1180. The fraction of sp³-hybridized carbons (Fsp3) is 0.333. The van der Waals surface area contributed by atoms with E-state index in [4.69, 9.17) is 9.47 Å². The average molecular weight is 504 g/mol. The molecule has 1 unspecified atom stereocenters. The number of hydrogen-bond acceptors (Lipinski definition) is 6. The highest BCUT2D eigenvalue weighted by atomic mass is 32.2. The molecule has 1 aliphatic heterocycles. The van der Waals surface area contributed by atoms with Crippen LogP contribution in [0.2, 0.25) is 0 Å². The van der Waals surface area contributed by atoms with Crippen LogP contribution < -0.4 is 14.8 Å². The lowest BCUT2D eigenvalue weighted by atomic mass is 9.96. The van der Waals surface area contributed by atoms with Gasteiger partial charge in [0.15, 0.2) is 16.1 Å². The van der Waals surface area contributed by atoms with E-state index in [0.717, 1.165) is 29.0 Å². The molecule has 0 spiro atoms. The minimum atomic E-state index is -1.64. The first-order chi connectivity index (χ1) is 16.4. The Balaban J connectivity index is 1.51. The Kier molecular flexibility index (Phi) is 7.91. The molecule has 2 aromatic carbocycles. The first kappa shape index (κ1) is 24.3. The number of aryl methyl sites for hydroxylation is 1. The SMILES string of the molecule is COc1ccc(-c2sc(NC(=O)CC3CCOCC3)nc2C)cc1S(=O)Nc1ccc(F)cc1. The summed E-state index contributed by atoms with van der Waals surface area (Å²) in [5.74, 6) is 0.380. The number of rotatable bonds is 8. The zero-order chi connectivity index (χ0) is 24.1. The third kappa shape index (κ3) is 5.99. The van der Waals surface area contributed by atoms with Crippen molar-refractivity contribution in [3.8, 4) is 16.2 Å². The number of methoxy groups -OCH3 is 1. The molecular formula is C24H26FN3O4S2. The summed E-state index contributed by atoms with van der Waals surface area (Å²) in [5.41, 5.74) is 2.10. The van der Waals surface area contributed by atoms with Gasteiger partial charge in [0.25, 0.3) is 0 Å². The smallest absolute Gasteiger partial charge is 0.226 e. The number of thiazole rings is 1. The van der Waals surface area contributed by atoms with Gasteiger partial charge in [-0.05, 0) is 73.7 Å². The summed E-state index contributed by atoms with van der Waals surface area (Å²) in [4.78, 5) is 18.3. The number of anilines is 2. The number of halogens is 1. The second-order valence-corrected chi connectivity index (χ2v) is 10.2. The van der Waals surface area contributed by atoms with Crippen LogP contribution in [0.15, 0.2) is 47.4 Å². The summed E-state index contributed by atoms with van der Waals surface area (Å²) in [5, 5.41) is 3.45. The minimum absolute atomic E-state index is 0.0489. The van der Waals surface area contributed by atoms with Crippen LogP contribution in [-0.2, 0) is 20.5 Å². The van der Waals surface area contributed by atoms with Crippen LogP contribution in [0.25, 0.3) is 10.4 Å². The first-order valence-electron chi connectivity index (χ1n) is 10.9. The van der Waals surface area contributed by atoms with Crippen molar-refractivity contribution in [2.24, 2.45) is 5.92 Å². The number of ether oxygens (including phenoxy) is 2. The molecule has 0 radical (unpaired) electrons. The number of aromatic nitrogens is 1. The highest BCUT2D eigenvalue weighted by molar-refractivity contribution is 7.86. The van der Waals surface area contributed by atoms with Gasteiger partial charge in [-0.25, -0.2) is 13.6 Å². The van der Waals surface area contributed by atoms with Crippen molar-refractivity contribution < 1.29 is 22.9 Å². The predicted octanol–water partition coefficient (Wildman–Crippen LogP) is 5.16. The molecule has 7 nitrogen and oxygen atoms in total. The number of amides is 1. The molecule has 1 aliphatic rings. The molecule has 0 saturated carbocycles. The largest absolute Gasteiger partial charge is 0.495 e. The molecule has 4 rings (SSSR count). The van der Waals surface area contributed by atoms with Gasteiger partial charge in [-0.1, -0.05) is 11.3 Å². The Morgan fingerprint density at radius 1 is 1.24 bits per heavy atom. The lowest BCUT2D eigenvalue weighted by Crippen LogP contribution is -2.22. The van der Waals surface area contributed by atoms with Crippen LogP contribution in [0, 0.1) is 18.7 Å². The predicted molar refractivity (Wildman–Crippen MR) is 132 cm³/mol. The Hall–Kier alpha value is -2.82. The molecular weight excluding hydrogens is 477 g/mol. The molecule has 1 fully saturated rings. The number of nitrogens with zero attached hydrogens (tertiary/aromatic N) is 1. The van der Waals surface area contributed by atoms with Crippen LogP contribution in [-0.4, -0.2) is 35.4 Å².